The second-order valence-electron chi connectivity index (χ2n) is 6.82. The molecule has 2 N–H and O–H groups in total. The molecule has 1 fully saturated rings. The van der Waals surface area contributed by atoms with Gasteiger partial charge in [0.2, 0.25) is 0 Å². The summed E-state index contributed by atoms with van der Waals surface area (Å²) >= 11 is 0. The third-order valence-corrected chi connectivity index (χ3v) is 5.42. The van der Waals surface area contributed by atoms with Crippen LogP contribution in [0.4, 0.5) is 0 Å². The van der Waals surface area contributed by atoms with Crippen LogP contribution in [0, 0.1) is 0 Å². The molecule has 1 aromatic rings. The van der Waals surface area contributed by atoms with Crippen LogP contribution in [0.2, 0.25) is 0 Å². The minimum atomic E-state index is 0.0641. The van der Waals surface area contributed by atoms with E-state index in [2.05, 4.69) is 54.4 Å². The Morgan fingerprint density at radius 3 is 2.48 bits per heavy atom. The summed E-state index contributed by atoms with van der Waals surface area (Å²) in [5.41, 5.74) is 1.52. The molecular formula is C19H31N3O. The van der Waals surface area contributed by atoms with Crippen LogP contribution in [0.3, 0.4) is 0 Å². The molecule has 128 valence electrons. The molecule has 1 aromatic carbocycles. The van der Waals surface area contributed by atoms with Crippen molar-refractivity contribution in [3.8, 4) is 5.75 Å². The highest BCUT2D eigenvalue weighted by Crippen LogP contribution is 2.45. The van der Waals surface area contributed by atoms with Gasteiger partial charge in [0.15, 0.2) is 0 Å². The fourth-order valence-electron chi connectivity index (χ4n) is 3.98. The van der Waals surface area contributed by atoms with Gasteiger partial charge in [0.25, 0.3) is 0 Å². The molecule has 1 aliphatic carbocycles. The van der Waals surface area contributed by atoms with Crippen LogP contribution < -0.4 is 15.4 Å². The van der Waals surface area contributed by atoms with E-state index < -0.39 is 0 Å². The number of nitrogens with zero attached hydrogens (tertiary/aromatic N) is 1. The van der Waals surface area contributed by atoms with Gasteiger partial charge in [0.05, 0.1) is 7.11 Å². The lowest BCUT2D eigenvalue weighted by Crippen LogP contribution is -2.57. The Labute approximate surface area is 140 Å². The van der Waals surface area contributed by atoms with E-state index in [4.69, 9.17) is 4.74 Å². The van der Waals surface area contributed by atoms with Gasteiger partial charge in [-0.25, -0.2) is 0 Å². The summed E-state index contributed by atoms with van der Waals surface area (Å²) in [5.74, 6) is 0.931. The van der Waals surface area contributed by atoms with E-state index in [9.17, 15) is 0 Å². The van der Waals surface area contributed by atoms with Crippen LogP contribution >= 0.6 is 0 Å². The van der Waals surface area contributed by atoms with Gasteiger partial charge in [-0.2, -0.15) is 0 Å². The van der Waals surface area contributed by atoms with Crippen molar-refractivity contribution in [1.82, 2.24) is 15.5 Å². The predicted molar refractivity (Wildman–Crippen MR) is 96.8 cm³/mol. The number of hydrogen-bond donors (Lipinski definition) is 2. The van der Waals surface area contributed by atoms with Gasteiger partial charge < -0.3 is 15.4 Å². The Morgan fingerprint density at radius 1 is 1.26 bits per heavy atom. The maximum absolute atomic E-state index is 5.43. The zero-order valence-corrected chi connectivity index (χ0v) is 15.0. The first-order valence-corrected chi connectivity index (χ1v) is 8.37. The number of rotatable bonds is 7. The van der Waals surface area contributed by atoms with Gasteiger partial charge >= 0.3 is 0 Å². The number of hydrogen-bond acceptors (Lipinski definition) is 4. The topological polar surface area (TPSA) is 36.5 Å². The fraction of sp³-hybridized carbons (Fsp3) is 0.579. The van der Waals surface area contributed by atoms with Gasteiger partial charge in [-0.05, 0) is 70.7 Å². The predicted octanol–water partition coefficient (Wildman–Crippen LogP) is 2.72. The van der Waals surface area contributed by atoms with Crippen LogP contribution in [0.15, 0.2) is 37.0 Å². The van der Waals surface area contributed by atoms with Crippen molar-refractivity contribution < 1.29 is 4.74 Å². The fourth-order valence-corrected chi connectivity index (χ4v) is 3.98. The van der Waals surface area contributed by atoms with Gasteiger partial charge in [-0.1, -0.05) is 18.7 Å². The lowest BCUT2D eigenvalue weighted by Gasteiger charge is -2.50. The summed E-state index contributed by atoms with van der Waals surface area (Å²) in [7, 11) is 8.12. The Morgan fingerprint density at radius 2 is 1.96 bits per heavy atom. The molecule has 4 nitrogen and oxygen atoms in total. The molecular weight excluding hydrogens is 286 g/mol. The van der Waals surface area contributed by atoms with E-state index >= 15 is 0 Å². The Kier molecular flexibility index (Phi) is 5.71. The van der Waals surface area contributed by atoms with Crippen LogP contribution in [-0.2, 0) is 5.54 Å². The molecule has 2 rings (SSSR count). The quantitative estimate of drug-likeness (QED) is 0.811. The van der Waals surface area contributed by atoms with Crippen molar-refractivity contribution in [3.63, 3.8) is 0 Å². The van der Waals surface area contributed by atoms with Crippen LogP contribution in [0.1, 0.15) is 31.2 Å². The number of benzene rings is 1. The Bertz CT molecular complexity index is 519. The first-order chi connectivity index (χ1) is 11.0. The molecule has 0 atom stereocenters. The summed E-state index contributed by atoms with van der Waals surface area (Å²) in [6.07, 6.45) is 6.27. The van der Waals surface area contributed by atoms with Gasteiger partial charge in [0.1, 0.15) is 5.75 Å². The standard InChI is InChI=1S/C19H31N3O/c1-6-21-18(15-20-2)10-12-19(13-11-18,22(3)4)16-8-7-9-17(14-16)23-5/h6-9,14,20-21H,1,10-13,15H2,2-5H3. The van der Waals surface area contributed by atoms with Crippen molar-refractivity contribution in [2.75, 3.05) is 34.8 Å². The number of methoxy groups -OCH3 is 1. The lowest BCUT2D eigenvalue weighted by atomic mass is 9.68. The van der Waals surface area contributed by atoms with Crippen molar-refractivity contribution in [1.29, 1.82) is 0 Å². The molecule has 23 heavy (non-hydrogen) atoms. The average Bonchev–Trinajstić information content (AvgIpc) is 2.56. The highest BCUT2D eigenvalue weighted by Gasteiger charge is 2.44. The van der Waals surface area contributed by atoms with Crippen molar-refractivity contribution >= 4 is 0 Å². The monoisotopic (exact) mass is 317 g/mol. The second-order valence-corrected chi connectivity index (χ2v) is 6.82. The molecule has 0 unspecified atom stereocenters. The molecule has 0 bridgehead atoms. The summed E-state index contributed by atoms with van der Waals surface area (Å²) in [6.45, 7) is 4.83. The Hall–Kier alpha value is -1.52. The molecule has 0 radical (unpaired) electrons. The van der Waals surface area contributed by atoms with E-state index in [0.717, 1.165) is 38.0 Å². The Balaban J connectivity index is 2.29. The minimum absolute atomic E-state index is 0.0641. The smallest absolute Gasteiger partial charge is 0.119 e. The first-order valence-electron chi connectivity index (χ1n) is 8.37. The van der Waals surface area contributed by atoms with E-state index in [1.807, 2.05) is 19.3 Å². The van der Waals surface area contributed by atoms with Crippen LogP contribution in [-0.4, -0.2) is 45.2 Å². The normalized spacial score (nSPS) is 27.7. The minimum Gasteiger partial charge on any atom is -0.497 e. The molecule has 0 aromatic heterocycles. The molecule has 0 spiro atoms. The molecule has 0 saturated heterocycles. The molecule has 4 heteroatoms. The van der Waals surface area contributed by atoms with Gasteiger partial charge in [0, 0.05) is 17.6 Å². The second kappa shape index (κ2) is 7.37. The summed E-state index contributed by atoms with van der Waals surface area (Å²) in [5, 5.41) is 6.84. The average molecular weight is 317 g/mol. The summed E-state index contributed by atoms with van der Waals surface area (Å²) < 4.78 is 5.43. The van der Waals surface area contributed by atoms with Crippen LogP contribution in [0.5, 0.6) is 5.75 Å². The molecule has 1 aliphatic rings. The van der Waals surface area contributed by atoms with Crippen molar-refractivity contribution in [3.05, 3.63) is 42.6 Å². The number of nitrogens with one attached hydrogen (secondary N) is 2. The molecule has 0 amide bonds. The number of ether oxygens (including phenoxy) is 1. The maximum Gasteiger partial charge on any atom is 0.119 e. The third kappa shape index (κ3) is 3.54. The number of likely N-dealkylation sites (N-methyl/N-ethyl adjacent to an activating group) is 1. The highest BCUT2D eigenvalue weighted by atomic mass is 16.5. The third-order valence-electron chi connectivity index (χ3n) is 5.42. The summed E-state index contributed by atoms with van der Waals surface area (Å²) in [6, 6.07) is 8.53. The molecule has 0 aliphatic heterocycles. The van der Waals surface area contributed by atoms with Crippen LogP contribution in [0.25, 0.3) is 0 Å². The first kappa shape index (κ1) is 17.8. The SMILES string of the molecule is C=CNC1(CNC)CCC(c2cccc(OC)c2)(N(C)C)CC1. The zero-order valence-electron chi connectivity index (χ0n) is 15.0. The van der Waals surface area contributed by atoms with Gasteiger partial charge in [-0.3, -0.25) is 4.90 Å². The largest absolute Gasteiger partial charge is 0.497 e. The lowest BCUT2D eigenvalue weighted by molar-refractivity contribution is 0.0592. The highest BCUT2D eigenvalue weighted by molar-refractivity contribution is 5.34. The van der Waals surface area contributed by atoms with E-state index in [1.54, 1.807) is 7.11 Å². The zero-order chi connectivity index (χ0) is 16.9. The van der Waals surface area contributed by atoms with Crippen molar-refractivity contribution in [2.45, 2.75) is 36.8 Å². The van der Waals surface area contributed by atoms with Crippen molar-refractivity contribution in [2.24, 2.45) is 0 Å². The summed E-state index contributed by atoms with van der Waals surface area (Å²) in [4.78, 5) is 2.37. The maximum atomic E-state index is 5.43. The van der Waals surface area contributed by atoms with E-state index in [1.165, 1.54) is 5.56 Å². The van der Waals surface area contributed by atoms with E-state index in [0.29, 0.717) is 0 Å². The molecule has 0 heterocycles. The van der Waals surface area contributed by atoms with Gasteiger partial charge in [-0.15, -0.1) is 0 Å². The van der Waals surface area contributed by atoms with E-state index in [-0.39, 0.29) is 11.1 Å². The molecule has 1 saturated carbocycles.